The number of hydrogen-bond acceptors (Lipinski definition) is 5. The van der Waals surface area contributed by atoms with Gasteiger partial charge in [0.05, 0.1) is 11.0 Å². The second-order valence-corrected chi connectivity index (χ2v) is 6.69. The molecular weight excluding hydrogens is 366 g/mol. The first-order valence-electron chi connectivity index (χ1n) is 9.32. The summed E-state index contributed by atoms with van der Waals surface area (Å²) in [6.45, 7) is 0.480. The largest absolute Gasteiger partial charge is 0.508 e. The van der Waals surface area contributed by atoms with Crippen LogP contribution in [0.1, 0.15) is 16.1 Å². The van der Waals surface area contributed by atoms with Crippen LogP contribution in [0, 0.1) is 0 Å². The number of pyridine rings is 1. The van der Waals surface area contributed by atoms with Crippen LogP contribution in [0.25, 0.3) is 11.0 Å². The van der Waals surface area contributed by atoms with E-state index in [1.165, 1.54) is 0 Å². The Morgan fingerprint density at radius 2 is 1.79 bits per heavy atom. The standard InChI is InChI=1S/C22H21N5O2/c1-27-19-7-3-2-5-17(19)25-22(27)26-20-8-4-6-18(24-20)21(29)23-14-13-15-9-11-16(28)12-10-15/h2-12,28H,13-14H2,1H3,(H,23,29)(H,24,25,26). The maximum atomic E-state index is 12.4. The highest BCUT2D eigenvalue weighted by Crippen LogP contribution is 2.20. The van der Waals surface area contributed by atoms with Crippen molar-refractivity contribution in [2.45, 2.75) is 6.42 Å². The molecule has 2 aromatic heterocycles. The fourth-order valence-corrected chi connectivity index (χ4v) is 3.08. The van der Waals surface area contributed by atoms with Crippen molar-refractivity contribution < 1.29 is 9.90 Å². The van der Waals surface area contributed by atoms with Crippen molar-refractivity contribution in [2.24, 2.45) is 7.05 Å². The lowest BCUT2D eigenvalue weighted by molar-refractivity contribution is 0.0949. The Bertz CT molecular complexity index is 1150. The molecule has 3 N–H and O–H groups in total. The van der Waals surface area contributed by atoms with Gasteiger partial charge in [-0.25, -0.2) is 9.97 Å². The fraction of sp³-hybridized carbons (Fsp3) is 0.136. The molecule has 1 amide bonds. The van der Waals surface area contributed by atoms with Crippen molar-refractivity contribution in [1.29, 1.82) is 0 Å². The van der Waals surface area contributed by atoms with Crippen LogP contribution in [-0.4, -0.2) is 32.1 Å². The molecule has 0 atom stereocenters. The number of phenolic OH excluding ortho intramolecular Hbond substituents is 1. The van der Waals surface area contributed by atoms with Gasteiger partial charge in [-0.2, -0.15) is 0 Å². The first-order chi connectivity index (χ1) is 14.1. The summed E-state index contributed by atoms with van der Waals surface area (Å²) in [5, 5.41) is 15.4. The van der Waals surface area contributed by atoms with Crippen LogP contribution in [0.4, 0.5) is 11.8 Å². The molecule has 0 saturated carbocycles. The van der Waals surface area contributed by atoms with E-state index in [0.717, 1.165) is 16.6 Å². The summed E-state index contributed by atoms with van der Waals surface area (Å²) in [6, 6.07) is 20.1. The maximum Gasteiger partial charge on any atom is 0.269 e. The SMILES string of the molecule is Cn1c(Nc2cccc(C(=O)NCCc3ccc(O)cc3)n2)nc2ccccc21. The summed E-state index contributed by atoms with van der Waals surface area (Å²) in [5.74, 6) is 1.20. The fourth-order valence-electron chi connectivity index (χ4n) is 3.08. The number of phenols is 1. The van der Waals surface area contributed by atoms with Gasteiger partial charge in [0.15, 0.2) is 0 Å². The minimum Gasteiger partial charge on any atom is -0.508 e. The number of carbonyl (C=O) groups is 1. The van der Waals surface area contributed by atoms with E-state index in [2.05, 4.69) is 20.6 Å². The summed E-state index contributed by atoms with van der Waals surface area (Å²) in [6.07, 6.45) is 0.670. The zero-order chi connectivity index (χ0) is 20.2. The van der Waals surface area contributed by atoms with Gasteiger partial charge < -0.3 is 20.3 Å². The molecule has 2 heterocycles. The molecule has 0 unspecified atom stereocenters. The van der Waals surface area contributed by atoms with Crippen molar-refractivity contribution >= 4 is 28.7 Å². The lowest BCUT2D eigenvalue weighted by atomic mass is 10.1. The minimum absolute atomic E-state index is 0.229. The number of hydrogen-bond donors (Lipinski definition) is 3. The molecule has 0 aliphatic heterocycles. The Morgan fingerprint density at radius 3 is 2.59 bits per heavy atom. The highest BCUT2D eigenvalue weighted by molar-refractivity contribution is 5.92. The second-order valence-electron chi connectivity index (χ2n) is 6.69. The van der Waals surface area contributed by atoms with Gasteiger partial charge in [-0.1, -0.05) is 30.3 Å². The molecule has 4 rings (SSSR count). The summed E-state index contributed by atoms with van der Waals surface area (Å²) in [4.78, 5) is 21.4. The normalized spacial score (nSPS) is 10.8. The van der Waals surface area contributed by atoms with Gasteiger partial charge in [0.2, 0.25) is 5.95 Å². The van der Waals surface area contributed by atoms with Gasteiger partial charge in [0, 0.05) is 13.6 Å². The number of fused-ring (bicyclic) bond motifs is 1. The Morgan fingerprint density at radius 1 is 1.00 bits per heavy atom. The molecule has 146 valence electrons. The molecule has 0 saturated heterocycles. The third kappa shape index (κ3) is 4.19. The van der Waals surface area contributed by atoms with E-state index < -0.39 is 0 Å². The number of aryl methyl sites for hydroxylation is 1. The van der Waals surface area contributed by atoms with Crippen LogP contribution in [-0.2, 0) is 13.5 Å². The molecule has 2 aromatic carbocycles. The van der Waals surface area contributed by atoms with Crippen molar-refractivity contribution in [3.05, 3.63) is 78.0 Å². The molecule has 0 fully saturated rings. The molecule has 0 spiro atoms. The van der Waals surface area contributed by atoms with Crippen LogP contribution < -0.4 is 10.6 Å². The highest BCUT2D eigenvalue weighted by Gasteiger charge is 2.11. The molecule has 7 nitrogen and oxygen atoms in total. The van der Waals surface area contributed by atoms with Crippen molar-refractivity contribution in [3.63, 3.8) is 0 Å². The van der Waals surface area contributed by atoms with Crippen LogP contribution in [0.2, 0.25) is 0 Å². The van der Waals surface area contributed by atoms with Crippen LogP contribution in [0.3, 0.4) is 0 Å². The van der Waals surface area contributed by atoms with E-state index >= 15 is 0 Å². The van der Waals surface area contributed by atoms with E-state index in [9.17, 15) is 9.90 Å². The number of carbonyl (C=O) groups excluding carboxylic acids is 1. The Labute approximate surface area is 168 Å². The lowest BCUT2D eigenvalue weighted by Gasteiger charge is -2.08. The van der Waals surface area contributed by atoms with Crippen molar-refractivity contribution in [3.8, 4) is 5.75 Å². The summed E-state index contributed by atoms with van der Waals surface area (Å²) in [7, 11) is 1.93. The zero-order valence-corrected chi connectivity index (χ0v) is 16.0. The monoisotopic (exact) mass is 387 g/mol. The first-order valence-corrected chi connectivity index (χ1v) is 9.32. The Balaban J connectivity index is 1.41. The third-order valence-corrected chi connectivity index (χ3v) is 4.64. The van der Waals surface area contributed by atoms with Crippen LogP contribution in [0.5, 0.6) is 5.75 Å². The maximum absolute atomic E-state index is 12.4. The number of rotatable bonds is 6. The lowest BCUT2D eigenvalue weighted by Crippen LogP contribution is -2.26. The van der Waals surface area contributed by atoms with E-state index in [0.29, 0.717) is 30.4 Å². The number of para-hydroxylation sites is 2. The van der Waals surface area contributed by atoms with Gasteiger partial charge in [0.1, 0.15) is 17.3 Å². The Hall–Kier alpha value is -3.87. The molecule has 4 aromatic rings. The molecule has 29 heavy (non-hydrogen) atoms. The number of anilines is 2. The Kier molecular flexibility index (Phi) is 5.11. The second kappa shape index (κ2) is 8.02. The van der Waals surface area contributed by atoms with Crippen LogP contribution in [0.15, 0.2) is 66.7 Å². The number of nitrogens with zero attached hydrogens (tertiary/aromatic N) is 3. The average Bonchev–Trinajstić information content (AvgIpc) is 3.05. The van der Waals surface area contributed by atoms with Gasteiger partial charge in [-0.3, -0.25) is 4.79 Å². The minimum atomic E-state index is -0.238. The van der Waals surface area contributed by atoms with Crippen molar-refractivity contribution in [1.82, 2.24) is 19.9 Å². The summed E-state index contributed by atoms with van der Waals surface area (Å²) >= 11 is 0. The number of benzene rings is 2. The van der Waals surface area contributed by atoms with E-state index in [4.69, 9.17) is 0 Å². The number of aromatic hydroxyl groups is 1. The number of amides is 1. The first kappa shape index (κ1) is 18.5. The average molecular weight is 387 g/mol. The van der Waals surface area contributed by atoms with Gasteiger partial charge >= 0.3 is 0 Å². The van der Waals surface area contributed by atoms with E-state index in [1.807, 2.05) is 48.0 Å². The van der Waals surface area contributed by atoms with Gasteiger partial charge in [0.25, 0.3) is 5.91 Å². The predicted molar refractivity (Wildman–Crippen MR) is 112 cm³/mol. The quantitative estimate of drug-likeness (QED) is 0.472. The zero-order valence-electron chi connectivity index (χ0n) is 16.0. The molecule has 0 bridgehead atoms. The van der Waals surface area contributed by atoms with E-state index in [1.54, 1.807) is 30.3 Å². The highest BCUT2D eigenvalue weighted by atomic mass is 16.3. The molecule has 0 aliphatic carbocycles. The number of nitrogens with one attached hydrogen (secondary N) is 2. The molecule has 7 heteroatoms. The topological polar surface area (TPSA) is 92.1 Å². The van der Waals surface area contributed by atoms with Crippen molar-refractivity contribution in [2.75, 3.05) is 11.9 Å². The van der Waals surface area contributed by atoms with Gasteiger partial charge in [-0.15, -0.1) is 0 Å². The number of imidazole rings is 1. The predicted octanol–water partition coefficient (Wildman–Crippen LogP) is 3.39. The van der Waals surface area contributed by atoms with E-state index in [-0.39, 0.29) is 11.7 Å². The molecule has 0 radical (unpaired) electrons. The molecular formula is C22H21N5O2. The smallest absolute Gasteiger partial charge is 0.269 e. The number of aromatic nitrogens is 3. The third-order valence-electron chi connectivity index (χ3n) is 4.64. The van der Waals surface area contributed by atoms with Gasteiger partial charge in [-0.05, 0) is 48.4 Å². The summed E-state index contributed by atoms with van der Waals surface area (Å²) < 4.78 is 1.95. The summed E-state index contributed by atoms with van der Waals surface area (Å²) in [5.41, 5.74) is 3.27. The van der Waals surface area contributed by atoms with Crippen LogP contribution >= 0.6 is 0 Å². The molecule has 0 aliphatic rings.